The number of hydrogen-bond acceptors (Lipinski definition) is 4. The number of hydrogen-bond donors (Lipinski definition) is 1. The fourth-order valence-corrected chi connectivity index (χ4v) is 2.45. The molecule has 6 heteroatoms. The number of anilines is 1. The summed E-state index contributed by atoms with van der Waals surface area (Å²) in [6.45, 7) is 2.75. The molecule has 1 aromatic rings. The molecule has 2 amide bonds. The third-order valence-electron chi connectivity index (χ3n) is 2.62. The molecule has 1 fully saturated rings. The first-order valence-corrected chi connectivity index (χ1v) is 6.47. The second-order valence-corrected chi connectivity index (χ2v) is 5.33. The summed E-state index contributed by atoms with van der Waals surface area (Å²) in [5.74, 6) is -0.101. The van der Waals surface area contributed by atoms with E-state index in [0.29, 0.717) is 18.1 Å². The maximum Gasteiger partial charge on any atom is 0.245 e. The van der Waals surface area contributed by atoms with Gasteiger partial charge in [0.05, 0.1) is 6.54 Å². The molecule has 17 heavy (non-hydrogen) atoms. The van der Waals surface area contributed by atoms with Gasteiger partial charge in [-0.3, -0.25) is 9.59 Å². The SMILES string of the molecule is Cc1cnc(NC(=O)CN2CCCCC2=O)s1. The molecule has 0 spiro atoms. The molecule has 0 radical (unpaired) electrons. The van der Waals surface area contributed by atoms with E-state index in [2.05, 4.69) is 10.3 Å². The highest BCUT2D eigenvalue weighted by molar-refractivity contribution is 7.15. The Hall–Kier alpha value is -1.43. The molecular formula is C11H15N3O2S. The Labute approximate surface area is 104 Å². The van der Waals surface area contributed by atoms with Crippen molar-refractivity contribution in [3.8, 4) is 0 Å². The third kappa shape index (κ3) is 3.26. The third-order valence-corrected chi connectivity index (χ3v) is 3.45. The van der Waals surface area contributed by atoms with Crippen LogP contribution in [0.4, 0.5) is 5.13 Å². The van der Waals surface area contributed by atoms with E-state index in [1.54, 1.807) is 11.1 Å². The molecule has 0 aromatic carbocycles. The highest BCUT2D eigenvalue weighted by Crippen LogP contribution is 2.16. The summed E-state index contributed by atoms with van der Waals surface area (Å²) in [4.78, 5) is 29.9. The van der Waals surface area contributed by atoms with E-state index in [1.165, 1.54) is 11.3 Å². The number of carbonyl (C=O) groups excluding carboxylic acids is 2. The maximum atomic E-state index is 11.7. The number of rotatable bonds is 3. The number of aromatic nitrogens is 1. The van der Waals surface area contributed by atoms with Crippen molar-refractivity contribution in [1.29, 1.82) is 0 Å². The summed E-state index contributed by atoms with van der Waals surface area (Å²) >= 11 is 1.43. The summed E-state index contributed by atoms with van der Waals surface area (Å²) in [5.41, 5.74) is 0. The van der Waals surface area contributed by atoms with Gasteiger partial charge in [0.15, 0.2) is 5.13 Å². The summed E-state index contributed by atoms with van der Waals surface area (Å²) in [6.07, 6.45) is 4.19. The topological polar surface area (TPSA) is 62.3 Å². The van der Waals surface area contributed by atoms with Crippen LogP contribution in [0.1, 0.15) is 24.1 Å². The molecule has 0 aliphatic carbocycles. The van der Waals surface area contributed by atoms with E-state index in [0.717, 1.165) is 17.7 Å². The molecule has 2 heterocycles. The largest absolute Gasteiger partial charge is 0.333 e. The van der Waals surface area contributed by atoms with Crippen molar-refractivity contribution in [2.24, 2.45) is 0 Å². The van der Waals surface area contributed by atoms with Crippen molar-refractivity contribution in [3.63, 3.8) is 0 Å². The van der Waals surface area contributed by atoms with E-state index in [4.69, 9.17) is 0 Å². The number of nitrogens with one attached hydrogen (secondary N) is 1. The van der Waals surface area contributed by atoms with Crippen LogP contribution in [0.5, 0.6) is 0 Å². The lowest BCUT2D eigenvalue weighted by atomic mass is 10.1. The van der Waals surface area contributed by atoms with Crippen molar-refractivity contribution in [3.05, 3.63) is 11.1 Å². The second-order valence-electron chi connectivity index (χ2n) is 4.10. The standard InChI is InChI=1S/C11H15N3O2S/c1-8-6-12-11(17-8)13-9(15)7-14-5-3-2-4-10(14)16/h6H,2-5,7H2,1H3,(H,12,13,15). The smallest absolute Gasteiger partial charge is 0.245 e. The molecule has 1 N–H and O–H groups in total. The molecule has 0 atom stereocenters. The first-order valence-electron chi connectivity index (χ1n) is 5.65. The van der Waals surface area contributed by atoms with Crippen molar-refractivity contribution >= 4 is 28.3 Å². The van der Waals surface area contributed by atoms with Crippen molar-refractivity contribution in [2.75, 3.05) is 18.4 Å². The van der Waals surface area contributed by atoms with Gasteiger partial charge in [0, 0.05) is 24.0 Å². The number of amides is 2. The Bertz CT molecular complexity index is 430. The minimum absolute atomic E-state index is 0.0710. The average Bonchev–Trinajstić information content (AvgIpc) is 2.67. The number of nitrogens with zero attached hydrogens (tertiary/aromatic N) is 2. The van der Waals surface area contributed by atoms with Gasteiger partial charge in [0.25, 0.3) is 0 Å². The highest BCUT2D eigenvalue weighted by atomic mass is 32.1. The van der Waals surface area contributed by atoms with Gasteiger partial charge in [0.2, 0.25) is 11.8 Å². The summed E-state index contributed by atoms with van der Waals surface area (Å²) in [6, 6.07) is 0. The molecule has 1 aromatic heterocycles. The number of carbonyl (C=O) groups is 2. The highest BCUT2D eigenvalue weighted by Gasteiger charge is 2.20. The minimum atomic E-state index is -0.172. The summed E-state index contributed by atoms with van der Waals surface area (Å²) < 4.78 is 0. The first kappa shape index (κ1) is 12.0. The van der Waals surface area contributed by atoms with Gasteiger partial charge >= 0.3 is 0 Å². The van der Waals surface area contributed by atoms with Gasteiger partial charge in [0.1, 0.15) is 0 Å². The van der Waals surface area contributed by atoms with Crippen molar-refractivity contribution in [1.82, 2.24) is 9.88 Å². The van der Waals surface area contributed by atoms with Gasteiger partial charge in [-0.25, -0.2) is 4.98 Å². The zero-order chi connectivity index (χ0) is 12.3. The van der Waals surface area contributed by atoms with Crippen LogP contribution < -0.4 is 5.32 Å². The van der Waals surface area contributed by atoms with E-state index >= 15 is 0 Å². The van der Waals surface area contributed by atoms with Crippen LogP contribution in [0.2, 0.25) is 0 Å². The fraction of sp³-hybridized carbons (Fsp3) is 0.545. The van der Waals surface area contributed by atoms with Crippen LogP contribution in [0.15, 0.2) is 6.20 Å². The Morgan fingerprint density at radius 1 is 1.59 bits per heavy atom. The van der Waals surface area contributed by atoms with Crippen LogP contribution >= 0.6 is 11.3 Å². The van der Waals surface area contributed by atoms with Crippen molar-refractivity contribution < 1.29 is 9.59 Å². The minimum Gasteiger partial charge on any atom is -0.333 e. The monoisotopic (exact) mass is 253 g/mol. The van der Waals surface area contributed by atoms with Gasteiger partial charge in [-0.15, -0.1) is 11.3 Å². The Balaban J connectivity index is 1.86. The Kier molecular flexibility index (Phi) is 3.73. The van der Waals surface area contributed by atoms with E-state index in [-0.39, 0.29) is 18.4 Å². The predicted molar refractivity (Wildman–Crippen MR) is 65.9 cm³/mol. The van der Waals surface area contributed by atoms with Crippen LogP contribution in [0.25, 0.3) is 0 Å². The first-order chi connectivity index (χ1) is 8.15. The zero-order valence-electron chi connectivity index (χ0n) is 9.73. The van der Waals surface area contributed by atoms with Gasteiger partial charge in [-0.1, -0.05) is 0 Å². The van der Waals surface area contributed by atoms with E-state index in [9.17, 15) is 9.59 Å². The van der Waals surface area contributed by atoms with Crippen LogP contribution in [-0.4, -0.2) is 34.8 Å². The maximum absolute atomic E-state index is 11.7. The lowest BCUT2D eigenvalue weighted by molar-refractivity contribution is -0.136. The average molecular weight is 253 g/mol. The number of piperidine rings is 1. The van der Waals surface area contributed by atoms with Crippen molar-refractivity contribution in [2.45, 2.75) is 26.2 Å². The zero-order valence-corrected chi connectivity index (χ0v) is 10.5. The van der Waals surface area contributed by atoms with Gasteiger partial charge in [-0.2, -0.15) is 0 Å². The van der Waals surface area contributed by atoms with Crippen LogP contribution in [0, 0.1) is 6.92 Å². The van der Waals surface area contributed by atoms with E-state index < -0.39 is 0 Å². The quantitative estimate of drug-likeness (QED) is 0.885. The number of thiazole rings is 1. The molecule has 1 aliphatic heterocycles. The molecule has 92 valence electrons. The molecule has 0 unspecified atom stereocenters. The lowest BCUT2D eigenvalue weighted by Gasteiger charge is -2.25. The molecule has 1 saturated heterocycles. The normalized spacial score (nSPS) is 16.1. The van der Waals surface area contributed by atoms with E-state index in [1.807, 2.05) is 6.92 Å². The van der Waals surface area contributed by atoms with Gasteiger partial charge in [-0.05, 0) is 19.8 Å². The second kappa shape index (κ2) is 5.27. The van der Waals surface area contributed by atoms with Gasteiger partial charge < -0.3 is 10.2 Å². The predicted octanol–water partition coefficient (Wildman–Crippen LogP) is 1.40. The fourth-order valence-electron chi connectivity index (χ4n) is 1.77. The number of likely N-dealkylation sites (tertiary alicyclic amines) is 1. The molecule has 2 rings (SSSR count). The molecule has 0 saturated carbocycles. The lowest BCUT2D eigenvalue weighted by Crippen LogP contribution is -2.40. The van der Waals surface area contributed by atoms with Crippen LogP contribution in [0.3, 0.4) is 0 Å². The molecular weight excluding hydrogens is 238 g/mol. The molecule has 1 aliphatic rings. The molecule has 0 bridgehead atoms. The summed E-state index contributed by atoms with van der Waals surface area (Å²) in [7, 11) is 0. The Morgan fingerprint density at radius 2 is 2.41 bits per heavy atom. The van der Waals surface area contributed by atoms with Crippen LogP contribution in [-0.2, 0) is 9.59 Å². The Morgan fingerprint density at radius 3 is 3.06 bits per heavy atom. The molecule has 5 nitrogen and oxygen atoms in total. The number of aryl methyl sites for hydroxylation is 1. The summed E-state index contributed by atoms with van der Waals surface area (Å²) in [5, 5.41) is 3.30.